The van der Waals surface area contributed by atoms with Gasteiger partial charge in [0.15, 0.2) is 0 Å². The molecule has 0 saturated heterocycles. The number of hydrogen-bond acceptors (Lipinski definition) is 4. The highest BCUT2D eigenvalue weighted by molar-refractivity contribution is 5.69. The molecule has 1 aliphatic carbocycles. The molecule has 1 aliphatic rings. The predicted molar refractivity (Wildman–Crippen MR) is 77.9 cm³/mol. The van der Waals surface area contributed by atoms with E-state index in [-0.39, 0.29) is 12.4 Å². The van der Waals surface area contributed by atoms with E-state index in [0.717, 1.165) is 18.7 Å². The van der Waals surface area contributed by atoms with E-state index in [2.05, 4.69) is 29.1 Å². The molecule has 20 heavy (non-hydrogen) atoms. The molecule has 1 N–H and O–H groups in total. The van der Waals surface area contributed by atoms with Gasteiger partial charge in [-0.1, -0.05) is 13.0 Å². The number of benzene rings is 1. The summed E-state index contributed by atoms with van der Waals surface area (Å²) in [6.45, 7) is 3.49. The second-order valence-corrected chi connectivity index (χ2v) is 5.04. The molecule has 1 unspecified atom stereocenters. The number of carbonyl (C=O) groups excluding carboxylic acids is 1. The molecular weight excluding hydrogens is 254 g/mol. The van der Waals surface area contributed by atoms with Crippen LogP contribution in [0, 0.1) is 0 Å². The minimum atomic E-state index is -0.241. The maximum atomic E-state index is 11.0. The molecule has 1 aromatic rings. The molecule has 2 rings (SSSR count). The molecule has 0 amide bonds. The number of rotatable bonds is 6. The van der Waals surface area contributed by atoms with E-state index in [1.165, 1.54) is 31.1 Å². The Labute approximate surface area is 120 Å². The van der Waals surface area contributed by atoms with Crippen molar-refractivity contribution in [3.8, 4) is 5.75 Å². The highest BCUT2D eigenvalue weighted by Gasteiger charge is 2.19. The lowest BCUT2D eigenvalue weighted by Gasteiger charge is -2.26. The van der Waals surface area contributed by atoms with Gasteiger partial charge in [-0.25, -0.2) is 0 Å². The van der Waals surface area contributed by atoms with Crippen LogP contribution in [0.1, 0.15) is 43.4 Å². The van der Waals surface area contributed by atoms with Crippen LogP contribution in [0.4, 0.5) is 0 Å². The van der Waals surface area contributed by atoms with Gasteiger partial charge in [0.05, 0.1) is 20.1 Å². The average molecular weight is 277 g/mol. The Bertz CT molecular complexity index is 459. The maximum absolute atomic E-state index is 11.0. The summed E-state index contributed by atoms with van der Waals surface area (Å²) in [5.41, 5.74) is 2.75. The monoisotopic (exact) mass is 277 g/mol. The first kappa shape index (κ1) is 14.9. The van der Waals surface area contributed by atoms with Crippen molar-refractivity contribution in [3.05, 3.63) is 29.3 Å². The molecule has 0 heterocycles. The van der Waals surface area contributed by atoms with Crippen molar-refractivity contribution < 1.29 is 14.3 Å². The number of fused-ring (bicyclic) bond motifs is 1. The molecule has 0 aromatic heterocycles. The lowest BCUT2D eigenvalue weighted by molar-refractivity contribution is -0.141. The van der Waals surface area contributed by atoms with Crippen LogP contribution in [0.3, 0.4) is 0 Å². The highest BCUT2D eigenvalue weighted by atomic mass is 16.5. The van der Waals surface area contributed by atoms with Crippen molar-refractivity contribution in [3.63, 3.8) is 0 Å². The molecule has 0 aliphatic heterocycles. The van der Waals surface area contributed by atoms with Crippen molar-refractivity contribution >= 4 is 5.97 Å². The van der Waals surface area contributed by atoms with Crippen LogP contribution in [-0.2, 0) is 16.0 Å². The van der Waals surface area contributed by atoms with Crippen LogP contribution in [0.2, 0.25) is 0 Å². The SMILES string of the molecule is CCNC1CCCc2cc(OCCC(=O)OC)ccc21. The van der Waals surface area contributed by atoms with Crippen LogP contribution < -0.4 is 10.1 Å². The minimum absolute atomic E-state index is 0.241. The Morgan fingerprint density at radius 2 is 2.30 bits per heavy atom. The van der Waals surface area contributed by atoms with E-state index in [1.54, 1.807) is 0 Å². The van der Waals surface area contributed by atoms with Crippen molar-refractivity contribution in [2.75, 3.05) is 20.3 Å². The van der Waals surface area contributed by atoms with Crippen LogP contribution >= 0.6 is 0 Å². The lowest BCUT2D eigenvalue weighted by Crippen LogP contribution is -2.24. The van der Waals surface area contributed by atoms with Crippen LogP contribution in [0.15, 0.2) is 18.2 Å². The number of esters is 1. The first-order valence-corrected chi connectivity index (χ1v) is 7.30. The second kappa shape index (κ2) is 7.29. The van der Waals surface area contributed by atoms with Crippen molar-refractivity contribution in [1.82, 2.24) is 5.32 Å². The maximum Gasteiger partial charge on any atom is 0.308 e. The summed E-state index contributed by atoms with van der Waals surface area (Å²) < 4.78 is 10.2. The molecule has 4 nitrogen and oxygen atoms in total. The molecule has 0 bridgehead atoms. The van der Waals surface area contributed by atoms with Gasteiger partial charge in [0.2, 0.25) is 0 Å². The summed E-state index contributed by atoms with van der Waals surface area (Å²) in [4.78, 5) is 11.0. The number of methoxy groups -OCH3 is 1. The molecular formula is C16H23NO3. The Morgan fingerprint density at radius 3 is 3.05 bits per heavy atom. The quantitative estimate of drug-likeness (QED) is 0.812. The fraction of sp³-hybridized carbons (Fsp3) is 0.562. The summed E-state index contributed by atoms with van der Waals surface area (Å²) in [7, 11) is 1.39. The van der Waals surface area contributed by atoms with Crippen molar-refractivity contribution in [1.29, 1.82) is 0 Å². The Morgan fingerprint density at radius 1 is 1.45 bits per heavy atom. The molecule has 1 atom stereocenters. The van der Waals surface area contributed by atoms with Gasteiger partial charge in [-0.15, -0.1) is 0 Å². The van der Waals surface area contributed by atoms with Gasteiger partial charge in [0.25, 0.3) is 0 Å². The fourth-order valence-electron chi connectivity index (χ4n) is 2.69. The second-order valence-electron chi connectivity index (χ2n) is 5.04. The normalized spacial score (nSPS) is 17.4. The minimum Gasteiger partial charge on any atom is -0.493 e. The zero-order chi connectivity index (χ0) is 14.4. The summed E-state index contributed by atoms with van der Waals surface area (Å²) in [5, 5.41) is 3.52. The highest BCUT2D eigenvalue weighted by Crippen LogP contribution is 2.32. The van der Waals surface area contributed by atoms with Gasteiger partial charge in [0, 0.05) is 6.04 Å². The summed E-state index contributed by atoms with van der Waals surface area (Å²) >= 11 is 0. The zero-order valence-corrected chi connectivity index (χ0v) is 12.3. The number of ether oxygens (including phenoxy) is 2. The van der Waals surface area contributed by atoms with Gasteiger partial charge in [-0.2, -0.15) is 0 Å². The van der Waals surface area contributed by atoms with Gasteiger partial charge in [-0.05, 0) is 49.1 Å². The van der Waals surface area contributed by atoms with Crippen molar-refractivity contribution in [2.45, 2.75) is 38.6 Å². The van der Waals surface area contributed by atoms with E-state index in [9.17, 15) is 4.79 Å². The molecule has 1 aromatic carbocycles. The third-order valence-corrected chi connectivity index (χ3v) is 3.68. The smallest absolute Gasteiger partial charge is 0.308 e. The molecule has 0 fully saturated rings. The summed E-state index contributed by atoms with van der Waals surface area (Å²) in [6, 6.07) is 6.71. The number of aryl methyl sites for hydroxylation is 1. The van der Waals surface area contributed by atoms with E-state index in [1.807, 2.05) is 6.07 Å². The summed E-state index contributed by atoms with van der Waals surface area (Å²) in [5.74, 6) is 0.597. The molecule has 110 valence electrons. The number of carbonyl (C=O) groups is 1. The third kappa shape index (κ3) is 3.73. The standard InChI is InChI=1S/C16H23NO3/c1-3-17-15-6-4-5-12-11-13(7-8-14(12)15)20-10-9-16(18)19-2/h7-8,11,15,17H,3-6,9-10H2,1-2H3. The van der Waals surface area contributed by atoms with Crippen LogP contribution in [-0.4, -0.2) is 26.2 Å². The first-order valence-electron chi connectivity index (χ1n) is 7.30. The van der Waals surface area contributed by atoms with Gasteiger partial charge < -0.3 is 14.8 Å². The molecule has 0 spiro atoms. The predicted octanol–water partition coefficient (Wildman–Crippen LogP) is 2.62. The number of hydrogen-bond donors (Lipinski definition) is 1. The van der Waals surface area contributed by atoms with Gasteiger partial charge >= 0.3 is 5.97 Å². The lowest BCUT2D eigenvalue weighted by atomic mass is 9.87. The molecule has 4 heteroatoms. The Balaban J connectivity index is 1.98. The van der Waals surface area contributed by atoms with E-state index in [4.69, 9.17) is 4.74 Å². The van der Waals surface area contributed by atoms with Crippen LogP contribution in [0.25, 0.3) is 0 Å². The largest absolute Gasteiger partial charge is 0.493 e. The van der Waals surface area contributed by atoms with Gasteiger partial charge in [-0.3, -0.25) is 4.79 Å². The fourth-order valence-corrected chi connectivity index (χ4v) is 2.69. The Kier molecular flexibility index (Phi) is 5.41. The summed E-state index contributed by atoms with van der Waals surface area (Å²) in [6.07, 6.45) is 3.79. The van der Waals surface area contributed by atoms with Gasteiger partial charge in [0.1, 0.15) is 5.75 Å². The zero-order valence-electron chi connectivity index (χ0n) is 12.3. The average Bonchev–Trinajstić information content (AvgIpc) is 2.47. The Hall–Kier alpha value is -1.55. The number of nitrogens with one attached hydrogen (secondary N) is 1. The molecule has 0 saturated carbocycles. The van der Waals surface area contributed by atoms with E-state index < -0.39 is 0 Å². The first-order chi connectivity index (χ1) is 9.74. The third-order valence-electron chi connectivity index (χ3n) is 3.68. The van der Waals surface area contributed by atoms with Crippen molar-refractivity contribution in [2.24, 2.45) is 0 Å². The molecule has 0 radical (unpaired) electrons. The topological polar surface area (TPSA) is 47.6 Å². The van der Waals surface area contributed by atoms with Crippen LogP contribution in [0.5, 0.6) is 5.75 Å². The van der Waals surface area contributed by atoms with E-state index in [0.29, 0.717) is 12.6 Å². The van der Waals surface area contributed by atoms with E-state index >= 15 is 0 Å².